The molecule has 0 aliphatic carbocycles. The number of methoxy groups -OCH3 is 1. The van der Waals surface area contributed by atoms with Crippen molar-refractivity contribution in [2.24, 2.45) is 5.73 Å². The fourth-order valence-electron chi connectivity index (χ4n) is 5.17. The predicted molar refractivity (Wildman–Crippen MR) is 162 cm³/mol. The third-order valence-electron chi connectivity index (χ3n) is 7.53. The summed E-state index contributed by atoms with van der Waals surface area (Å²) in [6, 6.07) is 16.6. The number of morpholine rings is 1. The van der Waals surface area contributed by atoms with Gasteiger partial charge in [0.1, 0.15) is 5.75 Å². The first-order chi connectivity index (χ1) is 20.0. The Kier molecular flexibility index (Phi) is 9.08. The van der Waals surface area contributed by atoms with Gasteiger partial charge in [0.05, 0.1) is 25.8 Å². The Hall–Kier alpha value is -4.05. The highest BCUT2D eigenvalue weighted by Crippen LogP contribution is 2.28. The molecule has 3 heterocycles. The number of pyridine rings is 2. The van der Waals surface area contributed by atoms with Crippen molar-refractivity contribution in [3.63, 3.8) is 0 Å². The van der Waals surface area contributed by atoms with Gasteiger partial charge in [-0.25, -0.2) is 0 Å². The van der Waals surface area contributed by atoms with Crippen molar-refractivity contribution in [2.75, 3.05) is 51.8 Å². The van der Waals surface area contributed by atoms with Crippen LogP contribution in [0, 0.1) is 6.92 Å². The number of carbonyl (C=O) groups excluding carboxylic acids is 1. The molecule has 2 aromatic carbocycles. The Balaban J connectivity index is 1.52. The van der Waals surface area contributed by atoms with Crippen LogP contribution in [-0.4, -0.2) is 66.9 Å². The smallest absolute Gasteiger partial charge is 0.258 e. The number of aromatic nitrogens is 2. The summed E-state index contributed by atoms with van der Waals surface area (Å²) in [5, 5.41) is 3.86. The van der Waals surface area contributed by atoms with Crippen molar-refractivity contribution in [3.8, 4) is 16.9 Å². The van der Waals surface area contributed by atoms with E-state index < -0.39 is 0 Å². The molecule has 0 saturated carbocycles. The Morgan fingerprint density at radius 1 is 1.07 bits per heavy atom. The fraction of sp³-hybridized carbons (Fsp3) is 0.344. The summed E-state index contributed by atoms with van der Waals surface area (Å²) in [7, 11) is 1.57. The number of nitrogens with one attached hydrogen (secondary N) is 1. The zero-order valence-corrected chi connectivity index (χ0v) is 23.7. The van der Waals surface area contributed by atoms with Gasteiger partial charge in [-0.3, -0.25) is 19.5 Å². The highest BCUT2D eigenvalue weighted by atomic mass is 16.5. The first kappa shape index (κ1) is 28.5. The van der Waals surface area contributed by atoms with Gasteiger partial charge in [0.2, 0.25) is 0 Å². The number of amides is 1. The van der Waals surface area contributed by atoms with E-state index in [9.17, 15) is 9.59 Å². The van der Waals surface area contributed by atoms with E-state index in [1.807, 2.05) is 48.0 Å². The van der Waals surface area contributed by atoms with Crippen LogP contribution in [0.5, 0.6) is 5.75 Å². The molecule has 9 nitrogen and oxygen atoms in total. The molecule has 9 heteroatoms. The van der Waals surface area contributed by atoms with Crippen LogP contribution in [0.15, 0.2) is 65.6 Å². The van der Waals surface area contributed by atoms with Crippen LogP contribution in [0.4, 0.5) is 5.69 Å². The fourth-order valence-corrected chi connectivity index (χ4v) is 5.17. The summed E-state index contributed by atoms with van der Waals surface area (Å²) in [5.41, 5.74) is 10.8. The van der Waals surface area contributed by atoms with Crippen molar-refractivity contribution >= 4 is 22.5 Å². The molecule has 3 N–H and O–H groups in total. The average Bonchev–Trinajstić information content (AvgIpc) is 3.01. The van der Waals surface area contributed by atoms with Gasteiger partial charge in [-0.2, -0.15) is 0 Å². The second kappa shape index (κ2) is 13.1. The molecule has 41 heavy (non-hydrogen) atoms. The van der Waals surface area contributed by atoms with E-state index in [2.05, 4.69) is 15.2 Å². The van der Waals surface area contributed by atoms with Gasteiger partial charge in [0.15, 0.2) is 0 Å². The number of fused-ring (bicyclic) bond motifs is 1. The minimum atomic E-state index is -0.255. The van der Waals surface area contributed by atoms with Crippen LogP contribution >= 0.6 is 0 Å². The van der Waals surface area contributed by atoms with Gasteiger partial charge in [-0.1, -0.05) is 12.1 Å². The Morgan fingerprint density at radius 3 is 2.68 bits per heavy atom. The van der Waals surface area contributed by atoms with E-state index in [0.717, 1.165) is 60.2 Å². The predicted octanol–water partition coefficient (Wildman–Crippen LogP) is 3.86. The van der Waals surface area contributed by atoms with E-state index in [4.69, 9.17) is 15.2 Å². The van der Waals surface area contributed by atoms with E-state index in [1.54, 1.807) is 31.4 Å². The summed E-state index contributed by atoms with van der Waals surface area (Å²) in [4.78, 5) is 34.1. The van der Waals surface area contributed by atoms with Crippen molar-refractivity contribution in [2.45, 2.75) is 26.3 Å². The monoisotopic (exact) mass is 555 g/mol. The maximum atomic E-state index is 14.1. The Labute approximate surface area is 239 Å². The molecule has 214 valence electrons. The largest absolute Gasteiger partial charge is 0.497 e. The normalized spacial score (nSPS) is 13.8. The number of hydrogen-bond donors (Lipinski definition) is 2. The standard InChI is InChI=1S/C32H37N5O4/c1-22-8-9-26(35-31(38)23-5-3-7-27(17-23)40-2)19-28(22)29-18-24-21-34-25(6-4-10-33)20-30(24)37(32(29)39)12-11-36-13-15-41-16-14-36/h3,5,7-9,17-21H,4,6,10-16,33H2,1-2H3,(H,35,38). The molecular weight excluding hydrogens is 518 g/mol. The molecule has 2 aromatic heterocycles. The minimum absolute atomic E-state index is 0.0684. The van der Waals surface area contributed by atoms with Crippen molar-refractivity contribution < 1.29 is 14.3 Å². The number of rotatable bonds is 10. The summed E-state index contributed by atoms with van der Waals surface area (Å²) < 4.78 is 12.6. The number of nitrogens with two attached hydrogens (primary N) is 1. The van der Waals surface area contributed by atoms with E-state index >= 15 is 0 Å². The first-order valence-corrected chi connectivity index (χ1v) is 14.1. The van der Waals surface area contributed by atoms with Gasteiger partial charge >= 0.3 is 0 Å². The summed E-state index contributed by atoms with van der Waals surface area (Å²) in [6.07, 6.45) is 3.45. The number of benzene rings is 2. The van der Waals surface area contributed by atoms with Crippen LogP contribution < -0.4 is 21.3 Å². The molecule has 0 atom stereocenters. The second-order valence-electron chi connectivity index (χ2n) is 10.3. The maximum Gasteiger partial charge on any atom is 0.258 e. The molecule has 0 spiro atoms. The van der Waals surface area contributed by atoms with E-state index in [-0.39, 0.29) is 11.5 Å². The number of aryl methyl sites for hydroxylation is 2. The van der Waals surface area contributed by atoms with Crippen LogP contribution in [0.3, 0.4) is 0 Å². The van der Waals surface area contributed by atoms with Crippen molar-refractivity contribution in [3.05, 3.63) is 88.0 Å². The molecule has 1 fully saturated rings. The molecule has 0 radical (unpaired) electrons. The Morgan fingerprint density at radius 2 is 1.90 bits per heavy atom. The third-order valence-corrected chi connectivity index (χ3v) is 7.53. The van der Waals surface area contributed by atoms with Crippen LogP contribution in [0.25, 0.3) is 22.0 Å². The zero-order chi connectivity index (χ0) is 28.8. The quantitative estimate of drug-likeness (QED) is 0.306. The third kappa shape index (κ3) is 6.65. The number of nitrogens with zero attached hydrogens (tertiary/aromatic N) is 3. The highest BCUT2D eigenvalue weighted by Gasteiger charge is 2.17. The van der Waals surface area contributed by atoms with Gasteiger partial charge in [0.25, 0.3) is 11.5 Å². The molecule has 1 aliphatic heterocycles. The highest BCUT2D eigenvalue weighted by molar-refractivity contribution is 6.04. The van der Waals surface area contributed by atoms with Gasteiger partial charge < -0.3 is 25.1 Å². The molecule has 0 bridgehead atoms. The lowest BCUT2D eigenvalue weighted by Crippen LogP contribution is -2.39. The molecule has 1 amide bonds. The summed E-state index contributed by atoms with van der Waals surface area (Å²) in [5.74, 6) is 0.352. The molecule has 4 aromatic rings. The summed E-state index contributed by atoms with van der Waals surface area (Å²) >= 11 is 0. The molecule has 1 aliphatic rings. The van der Waals surface area contributed by atoms with E-state index in [0.29, 0.717) is 48.9 Å². The first-order valence-electron chi connectivity index (χ1n) is 14.1. The number of anilines is 1. The molecular formula is C32H37N5O4. The van der Waals surface area contributed by atoms with Crippen molar-refractivity contribution in [1.29, 1.82) is 0 Å². The Bertz CT molecular complexity index is 1590. The lowest BCUT2D eigenvalue weighted by Gasteiger charge is -2.27. The summed E-state index contributed by atoms with van der Waals surface area (Å²) in [6.45, 7) is 6.97. The maximum absolute atomic E-state index is 14.1. The van der Waals surface area contributed by atoms with E-state index in [1.165, 1.54) is 0 Å². The number of hydrogen-bond acceptors (Lipinski definition) is 7. The molecule has 0 unspecified atom stereocenters. The topological polar surface area (TPSA) is 112 Å². The average molecular weight is 556 g/mol. The van der Waals surface area contributed by atoms with Gasteiger partial charge in [-0.05, 0) is 79.9 Å². The zero-order valence-electron chi connectivity index (χ0n) is 23.7. The molecule has 1 saturated heterocycles. The van der Waals surface area contributed by atoms with Crippen LogP contribution in [0.2, 0.25) is 0 Å². The van der Waals surface area contributed by atoms with Crippen LogP contribution in [-0.2, 0) is 17.7 Å². The van der Waals surface area contributed by atoms with Crippen LogP contribution in [0.1, 0.15) is 28.0 Å². The van der Waals surface area contributed by atoms with Crippen molar-refractivity contribution in [1.82, 2.24) is 14.5 Å². The minimum Gasteiger partial charge on any atom is -0.497 e. The van der Waals surface area contributed by atoms with Gasteiger partial charge in [-0.15, -0.1) is 0 Å². The number of ether oxygens (including phenoxy) is 2. The number of carbonyl (C=O) groups is 1. The van der Waals surface area contributed by atoms with Gasteiger partial charge in [0, 0.05) is 60.3 Å². The SMILES string of the molecule is COc1cccc(C(=O)Nc2ccc(C)c(-c3cc4cnc(CCCN)cc4n(CCN4CCOCC4)c3=O)c2)c1. The lowest BCUT2D eigenvalue weighted by atomic mass is 9.99. The molecule has 5 rings (SSSR count). The lowest BCUT2D eigenvalue weighted by molar-refractivity contribution is 0.0364. The second-order valence-corrected chi connectivity index (χ2v) is 10.3.